The van der Waals surface area contributed by atoms with E-state index in [4.69, 9.17) is 9.47 Å². The SMILES string of the molecule is COc1ccc2c3c1O[C@@H]1C[C@H](O)C=C[C@]31CC[N+](C)([O-])C2. The normalized spacial score (nSPS) is 38.7. The van der Waals surface area contributed by atoms with Crippen molar-refractivity contribution < 1.29 is 19.2 Å². The summed E-state index contributed by atoms with van der Waals surface area (Å²) in [6.07, 6.45) is 4.57. The Morgan fingerprint density at radius 1 is 1.45 bits per heavy atom. The molecule has 1 unspecified atom stereocenters. The molecule has 0 aromatic heterocycles. The molecule has 3 aliphatic rings. The molecule has 0 bridgehead atoms. The highest BCUT2D eigenvalue weighted by Crippen LogP contribution is 2.56. The van der Waals surface area contributed by atoms with Crippen molar-refractivity contribution in [3.63, 3.8) is 0 Å². The zero-order valence-corrected chi connectivity index (χ0v) is 12.9. The van der Waals surface area contributed by atoms with Crippen LogP contribution in [0.1, 0.15) is 24.0 Å². The summed E-state index contributed by atoms with van der Waals surface area (Å²) >= 11 is 0. The molecule has 5 nitrogen and oxygen atoms in total. The first kappa shape index (κ1) is 14.1. The standard InChI is InChI=1S/C17H21NO4/c1-18(20)8-7-17-6-5-12(19)9-14(17)22-16-13(21-2)4-3-11(10-18)15(16)17/h3-6,12,14,19H,7-10H2,1-2H3/t12-,14-,17-,18?/m1/s1. The third-order valence-corrected chi connectivity index (χ3v) is 5.30. The predicted octanol–water partition coefficient (Wildman–Crippen LogP) is 1.86. The van der Waals surface area contributed by atoms with Crippen LogP contribution < -0.4 is 9.47 Å². The highest BCUT2D eigenvalue weighted by Gasteiger charge is 2.53. The summed E-state index contributed by atoms with van der Waals surface area (Å²) in [5, 5.41) is 22.6. The van der Waals surface area contributed by atoms with Crippen LogP contribution in [0.4, 0.5) is 0 Å². The van der Waals surface area contributed by atoms with Crippen molar-refractivity contribution in [2.45, 2.75) is 37.0 Å². The van der Waals surface area contributed by atoms with Crippen LogP contribution in [0.25, 0.3) is 0 Å². The Bertz CT molecular complexity index is 654. The van der Waals surface area contributed by atoms with E-state index in [2.05, 4.69) is 6.08 Å². The van der Waals surface area contributed by atoms with E-state index >= 15 is 0 Å². The van der Waals surface area contributed by atoms with Crippen LogP contribution >= 0.6 is 0 Å². The molecule has 0 radical (unpaired) electrons. The van der Waals surface area contributed by atoms with Gasteiger partial charge in [0, 0.05) is 24.0 Å². The van der Waals surface area contributed by atoms with Gasteiger partial charge in [-0.1, -0.05) is 12.2 Å². The summed E-state index contributed by atoms with van der Waals surface area (Å²) in [7, 11) is 3.36. The van der Waals surface area contributed by atoms with Crippen molar-refractivity contribution in [2.75, 3.05) is 20.7 Å². The maximum Gasteiger partial charge on any atom is 0.166 e. The van der Waals surface area contributed by atoms with Crippen LogP contribution in [0.3, 0.4) is 0 Å². The number of methoxy groups -OCH3 is 1. The molecule has 0 fully saturated rings. The number of rotatable bonds is 1. The number of aliphatic hydroxyl groups is 1. The lowest BCUT2D eigenvalue weighted by molar-refractivity contribution is -0.874. The van der Waals surface area contributed by atoms with Crippen LogP contribution in [0.2, 0.25) is 0 Å². The highest BCUT2D eigenvalue weighted by molar-refractivity contribution is 5.60. The van der Waals surface area contributed by atoms with Crippen LogP contribution in [0.15, 0.2) is 24.3 Å². The van der Waals surface area contributed by atoms with Gasteiger partial charge < -0.3 is 24.4 Å². The fraction of sp³-hybridized carbons (Fsp3) is 0.529. The van der Waals surface area contributed by atoms with E-state index in [-0.39, 0.29) is 16.2 Å². The summed E-state index contributed by atoms with van der Waals surface area (Å²) in [5.74, 6) is 1.46. The van der Waals surface area contributed by atoms with Gasteiger partial charge in [-0.25, -0.2) is 0 Å². The fourth-order valence-corrected chi connectivity index (χ4v) is 4.19. The van der Waals surface area contributed by atoms with Gasteiger partial charge in [0.25, 0.3) is 0 Å². The summed E-state index contributed by atoms with van der Waals surface area (Å²) in [6, 6.07) is 3.87. The minimum atomic E-state index is -0.490. The topological polar surface area (TPSA) is 61.8 Å². The summed E-state index contributed by atoms with van der Waals surface area (Å²) < 4.78 is 11.4. The van der Waals surface area contributed by atoms with Crippen molar-refractivity contribution in [3.8, 4) is 11.5 Å². The lowest BCUT2D eigenvalue weighted by Gasteiger charge is -2.40. The molecule has 5 heteroatoms. The molecule has 2 aliphatic heterocycles. The van der Waals surface area contributed by atoms with E-state index in [0.29, 0.717) is 25.3 Å². The van der Waals surface area contributed by atoms with Crippen molar-refractivity contribution in [3.05, 3.63) is 40.6 Å². The van der Waals surface area contributed by atoms with Gasteiger partial charge in [-0.15, -0.1) is 0 Å². The van der Waals surface area contributed by atoms with E-state index in [1.54, 1.807) is 14.2 Å². The molecule has 1 aromatic carbocycles. The maximum absolute atomic E-state index is 12.7. The van der Waals surface area contributed by atoms with Crippen LogP contribution in [0.5, 0.6) is 11.5 Å². The highest BCUT2D eigenvalue weighted by atomic mass is 16.5. The van der Waals surface area contributed by atoms with Gasteiger partial charge in [-0.2, -0.15) is 0 Å². The monoisotopic (exact) mass is 303 g/mol. The molecule has 1 N–H and O–H groups in total. The number of ether oxygens (including phenoxy) is 2. The van der Waals surface area contributed by atoms with E-state index in [1.165, 1.54) is 0 Å². The number of aliphatic hydroxyl groups excluding tert-OH is 1. The summed E-state index contributed by atoms with van der Waals surface area (Å²) in [4.78, 5) is 0. The minimum Gasteiger partial charge on any atom is -0.633 e. The summed E-state index contributed by atoms with van der Waals surface area (Å²) in [5.41, 5.74) is 1.82. The van der Waals surface area contributed by atoms with Gasteiger partial charge in [0.1, 0.15) is 12.6 Å². The molecule has 0 saturated carbocycles. The molecular weight excluding hydrogens is 282 g/mol. The molecular formula is C17H21NO4. The molecule has 1 aromatic rings. The Kier molecular flexibility index (Phi) is 2.86. The predicted molar refractivity (Wildman–Crippen MR) is 81.6 cm³/mol. The van der Waals surface area contributed by atoms with Gasteiger partial charge in [-0.05, 0) is 12.1 Å². The Hall–Kier alpha value is -1.56. The van der Waals surface area contributed by atoms with E-state index < -0.39 is 6.10 Å². The third kappa shape index (κ3) is 1.82. The first-order valence-electron chi connectivity index (χ1n) is 7.75. The Morgan fingerprint density at radius 3 is 3.05 bits per heavy atom. The second kappa shape index (κ2) is 4.47. The van der Waals surface area contributed by atoms with Gasteiger partial charge in [-0.3, -0.25) is 0 Å². The van der Waals surface area contributed by atoms with Crippen LogP contribution in [0, 0.1) is 5.21 Å². The van der Waals surface area contributed by atoms with Gasteiger partial charge in [0.05, 0.1) is 32.2 Å². The summed E-state index contributed by atoms with van der Waals surface area (Å²) in [6.45, 7) is 0.983. The van der Waals surface area contributed by atoms with E-state index in [9.17, 15) is 10.3 Å². The molecule has 118 valence electrons. The molecule has 1 spiro atoms. The number of quaternary nitrogens is 1. The van der Waals surface area contributed by atoms with Crippen molar-refractivity contribution in [2.24, 2.45) is 0 Å². The Balaban J connectivity index is 1.96. The van der Waals surface area contributed by atoms with Crippen molar-refractivity contribution >= 4 is 0 Å². The number of hydrogen-bond acceptors (Lipinski definition) is 4. The zero-order valence-electron chi connectivity index (χ0n) is 12.9. The molecule has 22 heavy (non-hydrogen) atoms. The smallest absolute Gasteiger partial charge is 0.166 e. The molecule has 1 aliphatic carbocycles. The van der Waals surface area contributed by atoms with Gasteiger partial charge in [0.15, 0.2) is 11.5 Å². The molecule has 4 rings (SSSR count). The zero-order chi connectivity index (χ0) is 15.5. The minimum absolute atomic E-state index is 0.129. The average molecular weight is 303 g/mol. The second-order valence-electron chi connectivity index (χ2n) is 6.87. The number of hydrogen-bond donors (Lipinski definition) is 1. The average Bonchev–Trinajstić information content (AvgIpc) is 2.74. The Morgan fingerprint density at radius 2 is 2.27 bits per heavy atom. The van der Waals surface area contributed by atoms with Crippen molar-refractivity contribution in [1.82, 2.24) is 0 Å². The number of nitrogens with zero attached hydrogens (tertiary/aromatic N) is 1. The first-order valence-corrected chi connectivity index (χ1v) is 7.75. The quantitative estimate of drug-likeness (QED) is 0.489. The van der Waals surface area contributed by atoms with Gasteiger partial charge in [0.2, 0.25) is 0 Å². The van der Waals surface area contributed by atoms with Crippen molar-refractivity contribution in [1.29, 1.82) is 0 Å². The lowest BCUT2D eigenvalue weighted by atomic mass is 9.69. The molecule has 0 amide bonds. The van der Waals surface area contributed by atoms with Crippen LogP contribution in [-0.2, 0) is 12.0 Å². The Labute approximate surface area is 129 Å². The first-order chi connectivity index (χ1) is 10.5. The lowest BCUT2D eigenvalue weighted by Crippen LogP contribution is -2.44. The number of benzene rings is 1. The van der Waals surface area contributed by atoms with E-state index in [1.807, 2.05) is 18.2 Å². The number of hydroxylamine groups is 3. The second-order valence-corrected chi connectivity index (χ2v) is 6.87. The van der Waals surface area contributed by atoms with Gasteiger partial charge >= 0.3 is 0 Å². The van der Waals surface area contributed by atoms with E-state index in [0.717, 1.165) is 23.3 Å². The molecule has 0 saturated heterocycles. The molecule has 2 heterocycles. The maximum atomic E-state index is 12.7. The third-order valence-electron chi connectivity index (χ3n) is 5.30. The fourth-order valence-electron chi connectivity index (χ4n) is 4.19. The van der Waals surface area contributed by atoms with Crippen LogP contribution in [-0.4, -0.2) is 42.7 Å². The molecule has 4 atom stereocenters. The largest absolute Gasteiger partial charge is 0.633 e.